The second kappa shape index (κ2) is 34.1. The van der Waals surface area contributed by atoms with Gasteiger partial charge in [0.15, 0.2) is 24.1 Å². The fourth-order valence-electron chi connectivity index (χ4n) is 7.59. The van der Waals surface area contributed by atoms with Gasteiger partial charge in [-0.3, -0.25) is 4.79 Å². The predicted molar refractivity (Wildman–Crippen MR) is 295 cm³/mol. The van der Waals surface area contributed by atoms with Crippen LogP contribution in [0.2, 0.25) is 0 Å². The van der Waals surface area contributed by atoms with Crippen LogP contribution in [0.3, 0.4) is 0 Å². The number of carboxylic acid groups (broad SMARTS) is 2. The van der Waals surface area contributed by atoms with E-state index in [1.54, 1.807) is 62.3 Å². The van der Waals surface area contributed by atoms with Gasteiger partial charge in [0, 0.05) is 13.2 Å². The highest BCUT2D eigenvalue weighted by atomic mass is 16.6. The van der Waals surface area contributed by atoms with E-state index in [-0.39, 0.29) is 84.1 Å². The largest absolute Gasteiger partial charge is 0.479 e. The van der Waals surface area contributed by atoms with Crippen LogP contribution in [0.4, 0.5) is 19.2 Å². The fourth-order valence-corrected chi connectivity index (χ4v) is 7.59. The van der Waals surface area contributed by atoms with Crippen LogP contribution >= 0.6 is 0 Å². The van der Waals surface area contributed by atoms with Crippen LogP contribution in [-0.2, 0) is 77.9 Å². The topological polar surface area (TPSA) is 332 Å². The number of carbonyl (C=O) groups is 8. The molecule has 4 aliphatic rings. The highest BCUT2D eigenvalue weighted by Crippen LogP contribution is 2.22. The average Bonchev–Trinajstić information content (AvgIpc) is 3.62. The van der Waals surface area contributed by atoms with Gasteiger partial charge < -0.3 is 92.1 Å². The van der Waals surface area contributed by atoms with E-state index in [1.165, 1.54) is 26.5 Å². The molecule has 8 atom stereocenters. The van der Waals surface area contributed by atoms with Gasteiger partial charge in [-0.25, -0.2) is 33.6 Å². The van der Waals surface area contributed by atoms with Crippen molar-refractivity contribution in [3.05, 3.63) is 35.9 Å². The number of aliphatic hydroxyl groups excluding tert-OH is 2. The van der Waals surface area contributed by atoms with Gasteiger partial charge in [0.2, 0.25) is 0 Å². The fraction of sp³-hybridized carbons (Fsp3) is 0.750. The van der Waals surface area contributed by atoms with E-state index in [4.69, 9.17) is 67.4 Å². The third-order valence-corrected chi connectivity index (χ3v) is 11.2. The summed E-state index contributed by atoms with van der Waals surface area (Å²) in [5.74, 6) is -2.93. The first-order valence-corrected chi connectivity index (χ1v) is 27.5. The van der Waals surface area contributed by atoms with E-state index in [9.17, 15) is 43.5 Å². The molecule has 4 fully saturated rings. The quantitative estimate of drug-likeness (QED) is 0.147. The van der Waals surface area contributed by atoms with Crippen molar-refractivity contribution < 1.29 is 111 Å². The van der Waals surface area contributed by atoms with Crippen molar-refractivity contribution in [2.24, 2.45) is 0 Å². The lowest BCUT2D eigenvalue weighted by molar-refractivity contribution is -0.173. The molecular formula is C56H92N4O23. The zero-order valence-electron chi connectivity index (χ0n) is 50.9. The molecule has 1 aromatic rings. The molecule has 4 amide bonds. The number of Topliss-reactive ketones (excluding diaryl/α,β-unsaturated/α-hetero) is 1. The zero-order valence-corrected chi connectivity index (χ0v) is 50.9. The van der Waals surface area contributed by atoms with Gasteiger partial charge in [-0.1, -0.05) is 30.3 Å². The first-order chi connectivity index (χ1) is 38.5. The van der Waals surface area contributed by atoms with Crippen LogP contribution in [0.1, 0.15) is 109 Å². The molecule has 27 nitrogen and oxygen atoms in total. The number of hydrogen-bond acceptors (Lipinski definition) is 21. The van der Waals surface area contributed by atoms with Crippen LogP contribution in [0.25, 0.3) is 0 Å². The lowest BCUT2D eigenvalue weighted by atomic mass is 10.1. The number of aliphatic carboxylic acids is 2. The van der Waals surface area contributed by atoms with Crippen molar-refractivity contribution in [1.82, 2.24) is 19.6 Å². The van der Waals surface area contributed by atoms with E-state index < -0.39 is 107 Å². The van der Waals surface area contributed by atoms with Crippen molar-refractivity contribution in [2.75, 3.05) is 92.0 Å². The molecule has 27 heteroatoms. The molecule has 0 aromatic heterocycles. The van der Waals surface area contributed by atoms with E-state index >= 15 is 0 Å². The summed E-state index contributed by atoms with van der Waals surface area (Å²) >= 11 is 0. The standard InChI is InChI=1S/C18H25NO6.C14H25NO5.C13H23NO6.C11H19NO6/c1-18(2,3)25-17(22)19-9-14(11-20)24-15(10-19)16(21)23-12-13-7-5-4-6-8-13;1-6-18-9-11-7-15(8-12(19-11)10(2)16)13(17)20-14(3,4)5;1-5-18-8-9-6-14(7-10(19-9)11(15)16)12(17)20-13(2,3)4;1-11(2,3)18-10(16)12-4-7(6-13)17-8(5-12)9(14)15/h4-8,14-15,20H,9-12H2,1-3H3;11-12H,6-9H2,1-5H3;9-10H,5-8H2,1-4H3,(H,15,16);7-8,13H,4-6H2,1-3H3,(H,14,15)/t14-,15+;11-,12+;9-,10+;7-,8+/m0000/s1. The van der Waals surface area contributed by atoms with Crippen LogP contribution in [0.15, 0.2) is 30.3 Å². The Morgan fingerprint density at radius 2 is 0.771 bits per heavy atom. The number of amides is 4. The Morgan fingerprint density at radius 1 is 0.470 bits per heavy atom. The Bertz CT molecular complexity index is 2140. The van der Waals surface area contributed by atoms with Gasteiger partial charge in [-0.15, -0.1) is 0 Å². The number of aliphatic hydroxyl groups is 2. The Labute approximate surface area is 486 Å². The molecule has 0 unspecified atom stereocenters. The van der Waals surface area contributed by atoms with Crippen molar-refractivity contribution in [1.29, 1.82) is 0 Å². The minimum atomic E-state index is -1.17. The monoisotopic (exact) mass is 1190 g/mol. The maximum atomic E-state index is 12.3. The number of ether oxygens (including phenoxy) is 11. The highest BCUT2D eigenvalue weighted by Gasteiger charge is 2.40. The number of carboxylic acids is 2. The second-order valence-corrected chi connectivity index (χ2v) is 23.6. The van der Waals surface area contributed by atoms with Gasteiger partial charge in [0.25, 0.3) is 0 Å². The van der Waals surface area contributed by atoms with E-state index in [2.05, 4.69) is 0 Å². The average molecular weight is 1190 g/mol. The maximum absolute atomic E-state index is 12.3. The van der Waals surface area contributed by atoms with Crippen LogP contribution < -0.4 is 0 Å². The number of benzene rings is 1. The predicted octanol–water partition coefficient (Wildman–Crippen LogP) is 4.52. The molecule has 1 aromatic carbocycles. The van der Waals surface area contributed by atoms with Gasteiger partial charge in [-0.05, 0) is 109 Å². The lowest BCUT2D eigenvalue weighted by Crippen LogP contribution is -2.54. The Morgan fingerprint density at radius 3 is 1.08 bits per heavy atom. The lowest BCUT2D eigenvalue weighted by Gasteiger charge is -2.37. The number of hydrogen-bond donors (Lipinski definition) is 4. The molecule has 4 saturated heterocycles. The summed E-state index contributed by atoms with van der Waals surface area (Å²) < 4.78 is 58.5. The SMILES string of the molecule is CC(C)(C)OC(=O)N1C[C@@H](CO)O[C@@H](C(=O)O)C1.CC(C)(C)OC(=O)N1C[C@@H](CO)O[C@@H](C(=O)OCc2ccccc2)C1.CCOC[C@@H]1CN(C(=O)OC(C)(C)C)C[C@H](C(=O)O)O1.CCOC[C@@H]1CN(C(=O)OC(C)(C)C)C[C@H](C(C)=O)O1. The van der Waals surface area contributed by atoms with Crippen molar-refractivity contribution in [3.63, 3.8) is 0 Å². The molecule has 0 radical (unpaired) electrons. The smallest absolute Gasteiger partial charge is 0.410 e. The number of nitrogens with zero attached hydrogens (tertiary/aromatic N) is 4. The molecule has 0 bridgehead atoms. The normalized spacial score (nSPS) is 23.0. The van der Waals surface area contributed by atoms with Crippen molar-refractivity contribution in [3.8, 4) is 0 Å². The summed E-state index contributed by atoms with van der Waals surface area (Å²) in [5, 5.41) is 36.4. The number of carbonyl (C=O) groups excluding carboxylic acids is 6. The molecule has 4 heterocycles. The molecule has 0 aliphatic carbocycles. The molecule has 5 rings (SSSR count). The third-order valence-electron chi connectivity index (χ3n) is 11.2. The minimum absolute atomic E-state index is 0.0210. The third kappa shape index (κ3) is 29.4. The van der Waals surface area contributed by atoms with E-state index in [1.807, 2.05) is 65.0 Å². The van der Waals surface area contributed by atoms with Crippen LogP contribution in [0, 0.1) is 0 Å². The first-order valence-electron chi connectivity index (χ1n) is 27.5. The summed E-state index contributed by atoms with van der Waals surface area (Å²) in [6, 6.07) is 9.27. The Balaban J connectivity index is 0.000000381. The van der Waals surface area contributed by atoms with Gasteiger partial charge in [0.1, 0.15) is 35.1 Å². The summed E-state index contributed by atoms with van der Waals surface area (Å²) in [6.45, 7) is 28.6. The molecule has 474 valence electrons. The molecule has 0 spiro atoms. The van der Waals surface area contributed by atoms with Gasteiger partial charge in [-0.2, -0.15) is 0 Å². The molecule has 4 aliphatic heterocycles. The van der Waals surface area contributed by atoms with E-state index in [0.717, 1.165) is 5.56 Å². The second-order valence-electron chi connectivity index (χ2n) is 23.6. The van der Waals surface area contributed by atoms with Crippen molar-refractivity contribution >= 4 is 48.1 Å². The molecule has 83 heavy (non-hydrogen) atoms. The zero-order chi connectivity index (χ0) is 63.0. The van der Waals surface area contributed by atoms with Crippen LogP contribution in [-0.4, -0.2) is 251 Å². The van der Waals surface area contributed by atoms with E-state index in [0.29, 0.717) is 26.4 Å². The first kappa shape index (κ1) is 73.2. The van der Waals surface area contributed by atoms with Gasteiger partial charge in [0.05, 0.1) is 103 Å². The number of esters is 1. The minimum Gasteiger partial charge on any atom is -0.479 e. The summed E-state index contributed by atoms with van der Waals surface area (Å²) in [4.78, 5) is 99.4. The maximum Gasteiger partial charge on any atom is 0.410 e. The Kier molecular flexibility index (Phi) is 30.1. The van der Waals surface area contributed by atoms with Crippen LogP contribution in [0.5, 0.6) is 0 Å². The highest BCUT2D eigenvalue weighted by molar-refractivity contribution is 5.82. The number of ketones is 1. The number of morpholine rings is 4. The summed E-state index contributed by atoms with van der Waals surface area (Å²) in [5.41, 5.74) is -1.62. The molecular weight excluding hydrogens is 1100 g/mol. The number of rotatable bonds is 14. The molecule has 4 N–H and O–H groups in total. The Hall–Kier alpha value is -5.94. The van der Waals surface area contributed by atoms with Gasteiger partial charge >= 0.3 is 42.3 Å². The summed E-state index contributed by atoms with van der Waals surface area (Å²) in [7, 11) is 0. The summed E-state index contributed by atoms with van der Waals surface area (Å²) in [6.07, 6.45) is -7.98. The molecule has 0 saturated carbocycles. The van der Waals surface area contributed by atoms with Crippen molar-refractivity contribution in [2.45, 2.75) is 182 Å².